The Morgan fingerprint density at radius 3 is 2.43 bits per heavy atom. The van der Waals surface area contributed by atoms with Gasteiger partial charge in [-0.1, -0.05) is 12.2 Å². The lowest BCUT2D eigenvalue weighted by atomic mass is 9.70. The topological polar surface area (TPSA) is 74.6 Å². The van der Waals surface area contributed by atoms with Gasteiger partial charge in [0.25, 0.3) is 0 Å². The number of aliphatic carboxylic acids is 2. The predicted octanol–water partition coefficient (Wildman–Crippen LogP) is 0.984. The van der Waals surface area contributed by atoms with Crippen LogP contribution >= 0.6 is 0 Å². The van der Waals surface area contributed by atoms with Crippen molar-refractivity contribution in [2.45, 2.75) is 13.3 Å². The number of carboxylic acid groups (broad SMARTS) is 2. The Morgan fingerprint density at radius 2 is 2.00 bits per heavy atom. The van der Waals surface area contributed by atoms with E-state index in [1.807, 2.05) is 12.2 Å². The van der Waals surface area contributed by atoms with Crippen LogP contribution in [0.4, 0.5) is 0 Å². The van der Waals surface area contributed by atoms with Gasteiger partial charge < -0.3 is 10.2 Å². The molecule has 2 N–H and O–H groups in total. The minimum absolute atomic E-state index is 0.0985. The molecule has 0 aromatic carbocycles. The van der Waals surface area contributed by atoms with Crippen molar-refractivity contribution in [1.82, 2.24) is 0 Å². The Labute approximate surface area is 81.2 Å². The van der Waals surface area contributed by atoms with Gasteiger partial charge in [-0.25, -0.2) is 0 Å². The fourth-order valence-electron chi connectivity index (χ4n) is 2.83. The molecule has 1 saturated carbocycles. The highest BCUT2D eigenvalue weighted by atomic mass is 16.4. The molecule has 1 fully saturated rings. The number of allylic oxidation sites excluding steroid dienone is 2. The average Bonchev–Trinajstić information content (AvgIpc) is 2.61. The molecule has 2 aliphatic carbocycles. The first kappa shape index (κ1) is 9.24. The van der Waals surface area contributed by atoms with Gasteiger partial charge in [0.05, 0.1) is 11.3 Å². The maximum Gasteiger partial charge on any atom is 0.310 e. The third kappa shape index (κ3) is 0.882. The summed E-state index contributed by atoms with van der Waals surface area (Å²) in [5, 5.41) is 18.1. The normalized spacial score (nSPS) is 44.2. The molecule has 0 aliphatic heterocycles. The van der Waals surface area contributed by atoms with Crippen molar-refractivity contribution < 1.29 is 19.8 Å². The molecule has 76 valence electrons. The maximum absolute atomic E-state index is 11.1. The molecule has 0 spiro atoms. The van der Waals surface area contributed by atoms with E-state index < -0.39 is 23.3 Å². The number of carbonyl (C=O) groups is 2. The van der Waals surface area contributed by atoms with Gasteiger partial charge in [-0.05, 0) is 25.2 Å². The van der Waals surface area contributed by atoms with E-state index >= 15 is 0 Å². The highest BCUT2D eigenvalue weighted by Gasteiger charge is 2.60. The van der Waals surface area contributed by atoms with Crippen LogP contribution in [0, 0.1) is 23.2 Å². The van der Waals surface area contributed by atoms with Crippen LogP contribution in [0.3, 0.4) is 0 Å². The molecule has 2 bridgehead atoms. The molecule has 14 heavy (non-hydrogen) atoms. The smallest absolute Gasteiger partial charge is 0.310 e. The fraction of sp³-hybridized carbons (Fsp3) is 0.600. The third-order valence-corrected chi connectivity index (χ3v) is 3.69. The molecule has 2 rings (SSSR count). The molecule has 0 unspecified atom stereocenters. The van der Waals surface area contributed by atoms with E-state index in [2.05, 4.69) is 0 Å². The minimum atomic E-state index is -1.12. The Bertz CT molecular complexity index is 333. The molecule has 0 aromatic heterocycles. The van der Waals surface area contributed by atoms with Crippen LogP contribution in [0.25, 0.3) is 0 Å². The number of rotatable bonds is 2. The number of carboxylic acids is 2. The number of fused-ring (bicyclic) bond motifs is 2. The second kappa shape index (κ2) is 2.59. The van der Waals surface area contributed by atoms with Gasteiger partial charge in [-0.2, -0.15) is 0 Å². The summed E-state index contributed by atoms with van der Waals surface area (Å²) in [6, 6.07) is 0. The standard InChI is InChI=1S/C10H12O4/c1-10(9(13)14)6-3-2-5(4-6)7(10)8(11)12/h2-3,5-7H,4H2,1H3,(H,11,12)(H,13,14)/t5-,6+,7-,10+/m1/s1. The van der Waals surface area contributed by atoms with E-state index in [0.717, 1.165) is 0 Å². The highest BCUT2D eigenvalue weighted by molar-refractivity contribution is 5.85. The molecular formula is C10H12O4. The van der Waals surface area contributed by atoms with E-state index in [4.69, 9.17) is 10.2 Å². The SMILES string of the molecule is C[C@]1(C(=O)O)[C@H]2C=C[C@H](C2)[C@@H]1C(=O)O. The van der Waals surface area contributed by atoms with E-state index in [-0.39, 0.29) is 11.8 Å². The zero-order valence-corrected chi connectivity index (χ0v) is 7.80. The predicted molar refractivity (Wildman–Crippen MR) is 47.6 cm³/mol. The Morgan fingerprint density at radius 1 is 1.36 bits per heavy atom. The molecule has 0 heterocycles. The summed E-state index contributed by atoms with van der Waals surface area (Å²) in [5.74, 6) is -2.98. The van der Waals surface area contributed by atoms with Gasteiger partial charge >= 0.3 is 11.9 Å². The molecule has 4 heteroatoms. The van der Waals surface area contributed by atoms with Crippen LogP contribution in [0.2, 0.25) is 0 Å². The molecule has 2 aliphatic rings. The largest absolute Gasteiger partial charge is 0.481 e. The van der Waals surface area contributed by atoms with Crippen molar-refractivity contribution in [2.24, 2.45) is 23.2 Å². The second-order valence-electron chi connectivity index (χ2n) is 4.29. The second-order valence-corrected chi connectivity index (χ2v) is 4.29. The zero-order chi connectivity index (χ0) is 10.5. The lowest BCUT2D eigenvalue weighted by Gasteiger charge is -2.31. The molecule has 0 amide bonds. The third-order valence-electron chi connectivity index (χ3n) is 3.69. The summed E-state index contributed by atoms with van der Waals surface area (Å²) in [6.07, 6.45) is 4.35. The molecule has 0 radical (unpaired) electrons. The first-order valence-corrected chi connectivity index (χ1v) is 4.62. The van der Waals surface area contributed by atoms with Gasteiger partial charge in [0, 0.05) is 0 Å². The van der Waals surface area contributed by atoms with E-state index in [0.29, 0.717) is 6.42 Å². The van der Waals surface area contributed by atoms with Crippen LogP contribution in [-0.4, -0.2) is 22.2 Å². The van der Waals surface area contributed by atoms with Crippen LogP contribution < -0.4 is 0 Å². The van der Waals surface area contributed by atoms with E-state index in [1.54, 1.807) is 6.92 Å². The van der Waals surface area contributed by atoms with Crippen molar-refractivity contribution >= 4 is 11.9 Å². The van der Waals surface area contributed by atoms with Gasteiger partial charge in [-0.3, -0.25) is 9.59 Å². The Kier molecular flexibility index (Phi) is 1.71. The van der Waals surface area contributed by atoms with Gasteiger partial charge in [0.2, 0.25) is 0 Å². The van der Waals surface area contributed by atoms with E-state index in [1.165, 1.54) is 0 Å². The van der Waals surface area contributed by atoms with Crippen LogP contribution in [0.15, 0.2) is 12.2 Å². The first-order chi connectivity index (χ1) is 6.48. The van der Waals surface area contributed by atoms with E-state index in [9.17, 15) is 9.59 Å². The van der Waals surface area contributed by atoms with Crippen LogP contribution in [-0.2, 0) is 9.59 Å². The lowest BCUT2D eigenvalue weighted by Crippen LogP contribution is -2.43. The van der Waals surface area contributed by atoms with Crippen molar-refractivity contribution in [3.05, 3.63) is 12.2 Å². The molecular weight excluding hydrogens is 184 g/mol. The zero-order valence-electron chi connectivity index (χ0n) is 7.80. The van der Waals surface area contributed by atoms with Gasteiger partial charge in [-0.15, -0.1) is 0 Å². The molecule has 0 saturated heterocycles. The molecule has 4 nitrogen and oxygen atoms in total. The summed E-state index contributed by atoms with van der Waals surface area (Å²) >= 11 is 0. The minimum Gasteiger partial charge on any atom is -0.481 e. The lowest BCUT2D eigenvalue weighted by molar-refractivity contribution is -0.162. The average molecular weight is 196 g/mol. The van der Waals surface area contributed by atoms with Crippen LogP contribution in [0.1, 0.15) is 13.3 Å². The van der Waals surface area contributed by atoms with Gasteiger partial charge in [0.15, 0.2) is 0 Å². The van der Waals surface area contributed by atoms with Crippen molar-refractivity contribution in [1.29, 1.82) is 0 Å². The number of hydrogen-bond acceptors (Lipinski definition) is 2. The van der Waals surface area contributed by atoms with Crippen molar-refractivity contribution in [3.63, 3.8) is 0 Å². The van der Waals surface area contributed by atoms with Crippen molar-refractivity contribution in [2.75, 3.05) is 0 Å². The molecule has 4 atom stereocenters. The Balaban J connectivity index is 2.45. The van der Waals surface area contributed by atoms with Crippen LogP contribution in [0.5, 0.6) is 0 Å². The summed E-state index contributed by atoms with van der Waals surface area (Å²) in [5.41, 5.74) is -1.12. The highest BCUT2D eigenvalue weighted by Crippen LogP contribution is 2.56. The fourth-order valence-corrected chi connectivity index (χ4v) is 2.83. The first-order valence-electron chi connectivity index (χ1n) is 4.62. The van der Waals surface area contributed by atoms with Crippen molar-refractivity contribution in [3.8, 4) is 0 Å². The maximum atomic E-state index is 11.1. The summed E-state index contributed by atoms with van der Waals surface area (Å²) in [4.78, 5) is 22.1. The quantitative estimate of drug-likeness (QED) is 0.646. The number of hydrogen-bond donors (Lipinski definition) is 2. The Hall–Kier alpha value is -1.32. The monoisotopic (exact) mass is 196 g/mol. The summed E-state index contributed by atoms with van der Waals surface area (Å²) in [7, 11) is 0. The van der Waals surface area contributed by atoms with Gasteiger partial charge in [0.1, 0.15) is 0 Å². The summed E-state index contributed by atoms with van der Waals surface area (Å²) in [6.45, 7) is 1.54. The molecule has 0 aromatic rings. The summed E-state index contributed by atoms with van der Waals surface area (Å²) < 4.78 is 0.